The van der Waals surface area contributed by atoms with E-state index in [4.69, 9.17) is 11.6 Å². The van der Waals surface area contributed by atoms with Crippen LogP contribution in [0.3, 0.4) is 0 Å². The van der Waals surface area contributed by atoms with Gasteiger partial charge in [0.2, 0.25) is 5.91 Å². The fraction of sp³-hybridized carbons (Fsp3) is 0.333. The van der Waals surface area contributed by atoms with E-state index in [1.165, 1.54) is 0 Å². The molecule has 1 unspecified atom stereocenters. The monoisotopic (exact) mass is 410 g/mol. The maximum Gasteiger partial charge on any atom is 0.254 e. The van der Waals surface area contributed by atoms with Crippen LogP contribution in [0.25, 0.3) is 0 Å². The van der Waals surface area contributed by atoms with E-state index in [1.807, 2.05) is 55.5 Å². The number of nitrogens with one attached hydrogen (secondary N) is 1. The molecule has 1 aliphatic rings. The number of hydrogen-bond donors (Lipinski definition) is 1. The number of halogens is 1. The Labute approximate surface area is 177 Å². The van der Waals surface area contributed by atoms with Gasteiger partial charge < -0.3 is 5.32 Å². The van der Waals surface area contributed by atoms with Gasteiger partial charge >= 0.3 is 0 Å². The molecule has 2 aromatic carbocycles. The molecule has 0 spiro atoms. The summed E-state index contributed by atoms with van der Waals surface area (Å²) in [4.78, 5) is 28.1. The summed E-state index contributed by atoms with van der Waals surface area (Å²) in [6.07, 6.45) is 6.27. The van der Waals surface area contributed by atoms with Crippen LogP contribution in [0, 0.1) is 0 Å². The number of hydrogen-bond acceptors (Lipinski definition) is 2. The first kappa shape index (κ1) is 21.1. The quantitative estimate of drug-likeness (QED) is 0.676. The predicted molar refractivity (Wildman–Crippen MR) is 118 cm³/mol. The van der Waals surface area contributed by atoms with Crippen molar-refractivity contribution < 1.29 is 9.59 Å². The number of allylic oxidation sites excluding steroid dienone is 1. The molecule has 0 radical (unpaired) electrons. The Kier molecular flexibility index (Phi) is 7.48. The van der Waals surface area contributed by atoms with E-state index in [1.54, 1.807) is 17.0 Å². The highest BCUT2D eigenvalue weighted by molar-refractivity contribution is 6.31. The summed E-state index contributed by atoms with van der Waals surface area (Å²) in [6, 6.07) is 16.3. The zero-order valence-electron chi connectivity index (χ0n) is 16.7. The van der Waals surface area contributed by atoms with Gasteiger partial charge in [-0.15, -0.1) is 0 Å². The van der Waals surface area contributed by atoms with Crippen LogP contribution in [-0.2, 0) is 16.1 Å². The van der Waals surface area contributed by atoms with E-state index in [9.17, 15) is 9.59 Å². The number of carbonyl (C=O) groups excluding carboxylic acids is 2. The minimum absolute atomic E-state index is 0.103. The molecular weight excluding hydrogens is 384 g/mol. The van der Waals surface area contributed by atoms with Gasteiger partial charge in [-0.05, 0) is 55.9 Å². The molecule has 1 atom stereocenters. The molecule has 4 nitrogen and oxygen atoms in total. The Bertz CT molecular complexity index is 879. The van der Waals surface area contributed by atoms with Crippen LogP contribution < -0.4 is 10.2 Å². The summed E-state index contributed by atoms with van der Waals surface area (Å²) in [5.74, 6) is -0.269. The first-order chi connectivity index (χ1) is 14.1. The molecule has 0 fully saturated rings. The summed E-state index contributed by atoms with van der Waals surface area (Å²) in [5.41, 5.74) is 2.45. The molecule has 5 heteroatoms. The largest absolute Gasteiger partial charge is 0.350 e. The van der Waals surface area contributed by atoms with Gasteiger partial charge in [-0.2, -0.15) is 0 Å². The van der Waals surface area contributed by atoms with Crippen molar-refractivity contribution in [1.82, 2.24) is 5.32 Å². The van der Waals surface area contributed by atoms with Gasteiger partial charge in [0, 0.05) is 22.8 Å². The lowest BCUT2D eigenvalue weighted by Gasteiger charge is -2.32. The third-order valence-electron chi connectivity index (χ3n) is 5.18. The minimum Gasteiger partial charge on any atom is -0.350 e. The Hall–Kier alpha value is -2.59. The average molecular weight is 411 g/mol. The second kappa shape index (κ2) is 10.3. The zero-order chi connectivity index (χ0) is 20.6. The zero-order valence-corrected chi connectivity index (χ0v) is 17.5. The number of benzene rings is 2. The van der Waals surface area contributed by atoms with Crippen molar-refractivity contribution >= 4 is 29.1 Å². The van der Waals surface area contributed by atoms with E-state index in [2.05, 4.69) is 5.32 Å². The van der Waals surface area contributed by atoms with Crippen molar-refractivity contribution in [3.05, 3.63) is 76.8 Å². The van der Waals surface area contributed by atoms with Gasteiger partial charge in [0.15, 0.2) is 0 Å². The van der Waals surface area contributed by atoms with Gasteiger partial charge in [0.25, 0.3) is 5.91 Å². The number of nitrogens with zero attached hydrogens (tertiary/aromatic N) is 1. The molecule has 3 rings (SSSR count). The van der Waals surface area contributed by atoms with Gasteiger partial charge in [0.05, 0.1) is 0 Å². The molecule has 0 heterocycles. The maximum absolute atomic E-state index is 13.4. The van der Waals surface area contributed by atoms with Crippen molar-refractivity contribution in [3.8, 4) is 0 Å². The van der Waals surface area contributed by atoms with Crippen LogP contribution in [0.4, 0.5) is 5.69 Å². The third-order valence-corrected chi connectivity index (χ3v) is 5.42. The van der Waals surface area contributed by atoms with Crippen LogP contribution >= 0.6 is 11.6 Å². The summed E-state index contributed by atoms with van der Waals surface area (Å²) in [5, 5.41) is 3.53. The minimum atomic E-state index is -0.604. The Morgan fingerprint density at radius 1 is 1.10 bits per heavy atom. The smallest absolute Gasteiger partial charge is 0.254 e. The first-order valence-corrected chi connectivity index (χ1v) is 10.6. The fourth-order valence-corrected chi connectivity index (χ4v) is 3.82. The molecule has 29 heavy (non-hydrogen) atoms. The Morgan fingerprint density at radius 3 is 2.55 bits per heavy atom. The molecule has 1 aliphatic carbocycles. The summed E-state index contributed by atoms with van der Waals surface area (Å²) in [6.45, 7) is 2.35. The van der Waals surface area contributed by atoms with Crippen molar-refractivity contribution in [2.45, 2.75) is 51.6 Å². The van der Waals surface area contributed by atoms with E-state index < -0.39 is 6.04 Å². The molecular formula is C24H27ClN2O2. The van der Waals surface area contributed by atoms with Gasteiger partial charge in [0.1, 0.15) is 6.04 Å². The van der Waals surface area contributed by atoms with E-state index in [0.29, 0.717) is 23.7 Å². The van der Waals surface area contributed by atoms with Gasteiger partial charge in [-0.3, -0.25) is 14.5 Å². The van der Waals surface area contributed by atoms with Gasteiger partial charge in [-0.1, -0.05) is 61.0 Å². The predicted octanol–water partition coefficient (Wildman–Crippen LogP) is 5.27. The van der Waals surface area contributed by atoms with Gasteiger partial charge in [-0.25, -0.2) is 0 Å². The molecule has 152 valence electrons. The topological polar surface area (TPSA) is 49.4 Å². The highest BCUT2D eigenvalue weighted by atomic mass is 35.5. The van der Waals surface area contributed by atoms with E-state index >= 15 is 0 Å². The van der Waals surface area contributed by atoms with Crippen LogP contribution in [0.15, 0.2) is 66.2 Å². The van der Waals surface area contributed by atoms with Crippen LogP contribution in [0.2, 0.25) is 5.02 Å². The van der Waals surface area contributed by atoms with Crippen molar-refractivity contribution in [2.75, 3.05) is 4.90 Å². The highest BCUT2D eigenvalue weighted by Gasteiger charge is 2.31. The second-order valence-corrected chi connectivity index (χ2v) is 7.69. The Morgan fingerprint density at radius 2 is 1.90 bits per heavy atom. The lowest BCUT2D eigenvalue weighted by molar-refractivity contribution is -0.125. The second-order valence-electron chi connectivity index (χ2n) is 7.26. The van der Waals surface area contributed by atoms with Crippen molar-refractivity contribution in [3.63, 3.8) is 0 Å². The molecule has 2 amide bonds. The lowest BCUT2D eigenvalue weighted by Crippen LogP contribution is -2.50. The standard InChI is InChI=1S/C24H27ClN2O2/c1-2-22(23(28)26-17-18-10-5-3-6-11-18)27(21-15-9-14-20(25)16-21)24(29)19-12-7-4-8-13-19/h3,5-6,9-12,14-16,22H,2,4,7-8,13,17H2,1H3,(H,26,28). The number of carbonyl (C=O) groups is 2. The molecule has 0 saturated carbocycles. The fourth-order valence-electron chi connectivity index (χ4n) is 3.64. The Balaban J connectivity index is 1.86. The molecule has 0 saturated heterocycles. The maximum atomic E-state index is 13.4. The normalized spacial score (nSPS) is 14.6. The molecule has 0 aliphatic heterocycles. The number of anilines is 1. The SMILES string of the molecule is CCC(C(=O)NCc1ccccc1)N(C(=O)C1=CCCCC1)c1cccc(Cl)c1. The lowest BCUT2D eigenvalue weighted by atomic mass is 9.97. The number of amides is 2. The number of rotatable bonds is 7. The summed E-state index contributed by atoms with van der Waals surface area (Å²) >= 11 is 6.19. The third kappa shape index (κ3) is 5.48. The molecule has 1 N–H and O–H groups in total. The first-order valence-electron chi connectivity index (χ1n) is 10.2. The highest BCUT2D eigenvalue weighted by Crippen LogP contribution is 2.28. The van der Waals surface area contributed by atoms with E-state index in [0.717, 1.165) is 36.8 Å². The summed E-state index contributed by atoms with van der Waals surface area (Å²) in [7, 11) is 0. The van der Waals surface area contributed by atoms with Crippen LogP contribution in [0.1, 0.15) is 44.6 Å². The van der Waals surface area contributed by atoms with Crippen molar-refractivity contribution in [1.29, 1.82) is 0 Å². The summed E-state index contributed by atoms with van der Waals surface area (Å²) < 4.78 is 0. The molecule has 0 bridgehead atoms. The van der Waals surface area contributed by atoms with Crippen LogP contribution in [0.5, 0.6) is 0 Å². The molecule has 0 aromatic heterocycles. The van der Waals surface area contributed by atoms with Crippen LogP contribution in [-0.4, -0.2) is 17.9 Å². The average Bonchev–Trinajstić information content (AvgIpc) is 2.76. The molecule has 2 aromatic rings. The van der Waals surface area contributed by atoms with Crippen molar-refractivity contribution in [2.24, 2.45) is 0 Å². The van der Waals surface area contributed by atoms with E-state index in [-0.39, 0.29) is 11.8 Å².